The fourth-order valence-corrected chi connectivity index (χ4v) is 1.46. The average Bonchev–Trinajstić information content (AvgIpc) is 2.35. The number of halogens is 3. The van der Waals surface area contributed by atoms with Gasteiger partial charge in [0.25, 0.3) is 0 Å². The minimum Gasteiger partial charge on any atom is -0.464 e. The van der Waals surface area contributed by atoms with E-state index in [9.17, 15) is 13.2 Å². The van der Waals surface area contributed by atoms with Crippen molar-refractivity contribution in [3.05, 3.63) is 0 Å². The summed E-state index contributed by atoms with van der Waals surface area (Å²) in [5.41, 5.74) is 0. The lowest BCUT2D eigenvalue weighted by molar-refractivity contribution is -0.119. The molecule has 1 aromatic heterocycles. The molecule has 0 aliphatic heterocycles. The van der Waals surface area contributed by atoms with Crippen LogP contribution in [0.15, 0.2) is 0 Å². The second kappa shape index (κ2) is 7.11. The first-order valence-corrected chi connectivity index (χ1v) is 6.34. The van der Waals surface area contributed by atoms with Crippen molar-refractivity contribution in [1.29, 1.82) is 0 Å². The largest absolute Gasteiger partial charge is 0.464 e. The molecule has 0 aromatic carbocycles. The average molecular weight is 293 g/mol. The Bertz CT molecular complexity index is 403. The summed E-state index contributed by atoms with van der Waals surface area (Å²) in [4.78, 5) is 12.9. The van der Waals surface area contributed by atoms with Crippen molar-refractivity contribution in [3.63, 3.8) is 0 Å². The number of aromatic nitrogens is 3. The molecule has 0 amide bonds. The molecule has 20 heavy (non-hydrogen) atoms. The van der Waals surface area contributed by atoms with Gasteiger partial charge < -0.3 is 15.0 Å². The maximum absolute atomic E-state index is 12.5. The molecule has 0 saturated heterocycles. The zero-order chi connectivity index (χ0) is 15.2. The molecule has 0 bridgehead atoms. The molecule has 9 heteroatoms. The zero-order valence-electron chi connectivity index (χ0n) is 11.7. The van der Waals surface area contributed by atoms with Crippen molar-refractivity contribution in [2.75, 3.05) is 36.5 Å². The highest BCUT2D eigenvalue weighted by molar-refractivity contribution is 5.38. The van der Waals surface area contributed by atoms with Gasteiger partial charge >= 0.3 is 12.2 Å². The van der Waals surface area contributed by atoms with Gasteiger partial charge in [0.05, 0.1) is 6.61 Å². The molecule has 6 nitrogen and oxygen atoms in total. The Hall–Kier alpha value is -1.80. The third kappa shape index (κ3) is 5.06. The van der Waals surface area contributed by atoms with E-state index in [1.807, 2.05) is 6.92 Å². The molecule has 1 aromatic rings. The summed E-state index contributed by atoms with van der Waals surface area (Å²) >= 11 is 0. The molecule has 0 radical (unpaired) electrons. The summed E-state index contributed by atoms with van der Waals surface area (Å²) in [5.74, 6) is 0.140. The maximum Gasteiger partial charge on any atom is 0.406 e. The summed E-state index contributed by atoms with van der Waals surface area (Å²) in [5, 5.41) is 2.84. The molecule has 1 rings (SSSR count). The monoisotopic (exact) mass is 293 g/mol. The second-order valence-corrected chi connectivity index (χ2v) is 3.83. The lowest BCUT2D eigenvalue weighted by atomic mass is 10.5. The van der Waals surface area contributed by atoms with Crippen LogP contribution in [0.5, 0.6) is 6.01 Å². The fraction of sp³-hybridized carbons (Fsp3) is 0.727. The van der Waals surface area contributed by atoms with E-state index in [1.165, 1.54) is 0 Å². The van der Waals surface area contributed by atoms with E-state index in [0.29, 0.717) is 13.2 Å². The van der Waals surface area contributed by atoms with Crippen LogP contribution < -0.4 is 15.0 Å². The van der Waals surface area contributed by atoms with Gasteiger partial charge in [-0.05, 0) is 20.8 Å². The summed E-state index contributed by atoms with van der Waals surface area (Å²) < 4.78 is 42.7. The minimum absolute atomic E-state index is 0.00840. The molecule has 0 spiro atoms. The van der Waals surface area contributed by atoms with E-state index in [-0.39, 0.29) is 24.5 Å². The first kappa shape index (κ1) is 16.3. The van der Waals surface area contributed by atoms with Crippen LogP contribution in [-0.4, -0.2) is 47.4 Å². The van der Waals surface area contributed by atoms with Crippen LogP contribution in [0.25, 0.3) is 0 Å². The fourth-order valence-electron chi connectivity index (χ4n) is 1.46. The van der Waals surface area contributed by atoms with Gasteiger partial charge in [0.1, 0.15) is 6.54 Å². The second-order valence-electron chi connectivity index (χ2n) is 3.83. The number of anilines is 2. The quantitative estimate of drug-likeness (QED) is 0.830. The Balaban J connectivity index is 3.06. The first-order valence-electron chi connectivity index (χ1n) is 6.34. The van der Waals surface area contributed by atoms with E-state index in [2.05, 4.69) is 20.3 Å². The molecular formula is C11H18F3N5O. The highest BCUT2D eigenvalue weighted by Crippen LogP contribution is 2.21. The zero-order valence-corrected chi connectivity index (χ0v) is 11.7. The van der Waals surface area contributed by atoms with Crippen molar-refractivity contribution >= 4 is 11.9 Å². The number of nitrogens with one attached hydrogen (secondary N) is 1. The van der Waals surface area contributed by atoms with Gasteiger partial charge in [0.2, 0.25) is 11.9 Å². The van der Waals surface area contributed by atoms with Crippen LogP contribution >= 0.6 is 0 Å². The summed E-state index contributed by atoms with van der Waals surface area (Å²) in [6.45, 7) is 5.04. The molecule has 0 atom stereocenters. The molecular weight excluding hydrogens is 275 g/mol. The van der Waals surface area contributed by atoms with Crippen molar-refractivity contribution in [2.45, 2.75) is 26.9 Å². The van der Waals surface area contributed by atoms with Gasteiger partial charge in [-0.3, -0.25) is 0 Å². The first-order chi connectivity index (χ1) is 9.39. The molecule has 0 saturated carbocycles. The van der Waals surface area contributed by atoms with Gasteiger partial charge in [-0.15, -0.1) is 0 Å². The van der Waals surface area contributed by atoms with Gasteiger partial charge in [0, 0.05) is 13.1 Å². The Morgan fingerprint density at radius 3 is 2.35 bits per heavy atom. The number of rotatable bonds is 7. The maximum atomic E-state index is 12.5. The molecule has 114 valence electrons. The standard InChI is InChI=1S/C11H18F3N5O/c1-4-15-8-16-9(18-10(17-8)20-6-3)19(5-2)7-11(12,13)14/h4-7H2,1-3H3,(H,15,16,17,18). The Kier molecular flexibility index (Phi) is 5.78. The number of ether oxygens (including phenoxy) is 1. The van der Waals surface area contributed by atoms with Crippen molar-refractivity contribution < 1.29 is 17.9 Å². The van der Waals surface area contributed by atoms with E-state index in [4.69, 9.17) is 4.74 Å². The normalized spacial score (nSPS) is 11.3. The van der Waals surface area contributed by atoms with Crippen LogP contribution in [0.3, 0.4) is 0 Å². The van der Waals surface area contributed by atoms with Crippen molar-refractivity contribution in [3.8, 4) is 6.01 Å². The molecule has 1 heterocycles. The predicted octanol–water partition coefficient (Wildman–Crippen LogP) is 2.09. The lowest BCUT2D eigenvalue weighted by Gasteiger charge is -2.22. The topological polar surface area (TPSA) is 63.2 Å². The van der Waals surface area contributed by atoms with Gasteiger partial charge in [-0.1, -0.05) is 0 Å². The predicted molar refractivity (Wildman–Crippen MR) is 69.1 cm³/mol. The van der Waals surface area contributed by atoms with Crippen LogP contribution in [0, 0.1) is 0 Å². The number of nitrogens with zero attached hydrogens (tertiary/aromatic N) is 4. The van der Waals surface area contributed by atoms with E-state index < -0.39 is 12.7 Å². The lowest BCUT2D eigenvalue weighted by Crippen LogP contribution is -2.35. The number of hydrogen-bond donors (Lipinski definition) is 1. The SMILES string of the molecule is CCNc1nc(OCC)nc(N(CC)CC(F)(F)F)n1. The van der Waals surface area contributed by atoms with Gasteiger partial charge in [-0.2, -0.15) is 28.1 Å². The van der Waals surface area contributed by atoms with Crippen LogP contribution in [0.1, 0.15) is 20.8 Å². The summed E-state index contributed by atoms with van der Waals surface area (Å²) in [6.07, 6.45) is -4.33. The van der Waals surface area contributed by atoms with Crippen molar-refractivity contribution in [1.82, 2.24) is 15.0 Å². The summed E-state index contributed by atoms with van der Waals surface area (Å²) in [7, 11) is 0. The molecule has 1 N–H and O–H groups in total. The molecule has 0 aliphatic rings. The van der Waals surface area contributed by atoms with Crippen LogP contribution in [0.4, 0.5) is 25.1 Å². The van der Waals surface area contributed by atoms with Crippen LogP contribution in [-0.2, 0) is 0 Å². The van der Waals surface area contributed by atoms with Gasteiger partial charge in [0.15, 0.2) is 0 Å². The molecule has 0 fully saturated rings. The third-order valence-corrected chi connectivity index (χ3v) is 2.25. The number of alkyl halides is 3. The highest BCUT2D eigenvalue weighted by atomic mass is 19.4. The number of hydrogen-bond acceptors (Lipinski definition) is 6. The van der Waals surface area contributed by atoms with Crippen molar-refractivity contribution in [2.24, 2.45) is 0 Å². The summed E-state index contributed by atoms with van der Waals surface area (Å²) in [6, 6.07) is 0.00840. The minimum atomic E-state index is -4.33. The smallest absolute Gasteiger partial charge is 0.406 e. The van der Waals surface area contributed by atoms with Gasteiger partial charge in [-0.25, -0.2) is 0 Å². The third-order valence-electron chi connectivity index (χ3n) is 2.25. The van der Waals surface area contributed by atoms with E-state index in [1.54, 1.807) is 13.8 Å². The Labute approximate surface area is 115 Å². The van der Waals surface area contributed by atoms with Crippen LogP contribution in [0.2, 0.25) is 0 Å². The molecule has 0 unspecified atom stereocenters. The highest BCUT2D eigenvalue weighted by Gasteiger charge is 2.31. The Morgan fingerprint density at radius 1 is 1.15 bits per heavy atom. The molecule has 0 aliphatic carbocycles. The van der Waals surface area contributed by atoms with E-state index in [0.717, 1.165) is 4.90 Å². The Morgan fingerprint density at radius 2 is 1.85 bits per heavy atom. The van der Waals surface area contributed by atoms with E-state index >= 15 is 0 Å².